The molecular formula is C24H26N2O3S. The molecule has 2 aromatic carbocycles. The Morgan fingerprint density at radius 1 is 1.23 bits per heavy atom. The van der Waals surface area contributed by atoms with Crippen molar-refractivity contribution in [1.82, 2.24) is 10.3 Å². The highest BCUT2D eigenvalue weighted by Crippen LogP contribution is 2.25. The number of nitrogens with one attached hydrogen (secondary N) is 2. The molecular weight excluding hydrogens is 396 g/mol. The molecule has 2 unspecified atom stereocenters. The quantitative estimate of drug-likeness (QED) is 0.445. The summed E-state index contributed by atoms with van der Waals surface area (Å²) >= 11 is -0.978. The zero-order chi connectivity index (χ0) is 20.9. The Morgan fingerprint density at radius 3 is 2.87 bits per heavy atom. The molecule has 1 aromatic heterocycles. The first kappa shape index (κ1) is 20.7. The maximum Gasteiger partial charge on any atom is 0.337 e. The number of carbonyl (C=O) groups is 1. The third-order valence-electron chi connectivity index (χ3n) is 5.56. The van der Waals surface area contributed by atoms with Gasteiger partial charge in [-0.15, -0.1) is 0 Å². The molecule has 4 rings (SSSR count). The fraction of sp³-hybridized carbons (Fsp3) is 0.292. The van der Waals surface area contributed by atoms with E-state index < -0.39 is 11.2 Å². The molecule has 156 valence electrons. The lowest BCUT2D eigenvalue weighted by molar-refractivity contribution is 0.0601. The lowest BCUT2D eigenvalue weighted by Gasteiger charge is -2.25. The van der Waals surface area contributed by atoms with E-state index in [-0.39, 0.29) is 5.97 Å². The summed E-state index contributed by atoms with van der Waals surface area (Å²) < 4.78 is 17.6. The van der Waals surface area contributed by atoms with E-state index in [4.69, 9.17) is 4.74 Å². The van der Waals surface area contributed by atoms with Gasteiger partial charge in [0.05, 0.1) is 12.7 Å². The minimum Gasteiger partial charge on any atom is -0.616 e. The van der Waals surface area contributed by atoms with Crippen LogP contribution in [0.4, 0.5) is 0 Å². The second-order valence-corrected chi connectivity index (χ2v) is 9.12. The number of benzene rings is 2. The van der Waals surface area contributed by atoms with E-state index in [1.54, 1.807) is 6.07 Å². The van der Waals surface area contributed by atoms with Gasteiger partial charge in [0.2, 0.25) is 0 Å². The number of ether oxygens (including phenoxy) is 1. The number of hydrogen-bond donors (Lipinski definition) is 2. The predicted molar refractivity (Wildman–Crippen MR) is 122 cm³/mol. The highest BCUT2D eigenvalue weighted by molar-refractivity contribution is 7.90. The lowest BCUT2D eigenvalue weighted by atomic mass is 9.94. The smallest absolute Gasteiger partial charge is 0.337 e. The van der Waals surface area contributed by atoms with Crippen LogP contribution in [0.1, 0.15) is 34.3 Å². The molecule has 0 radical (unpaired) electrons. The minimum atomic E-state index is -0.978. The van der Waals surface area contributed by atoms with Crippen LogP contribution in [0.25, 0.3) is 16.5 Å². The summed E-state index contributed by atoms with van der Waals surface area (Å²) in [5.41, 5.74) is 5.03. The normalized spacial score (nSPS) is 17.5. The molecule has 2 atom stereocenters. The molecule has 30 heavy (non-hydrogen) atoms. The Hall–Kier alpha value is -2.54. The zero-order valence-electron chi connectivity index (χ0n) is 17.0. The Bertz CT molecular complexity index is 1050. The number of aromatic amines is 1. The van der Waals surface area contributed by atoms with E-state index in [0.29, 0.717) is 23.1 Å². The summed E-state index contributed by atoms with van der Waals surface area (Å²) in [6.45, 7) is 0.848. The average molecular weight is 423 g/mol. The first-order chi connectivity index (χ1) is 14.6. The largest absolute Gasteiger partial charge is 0.616 e. The van der Waals surface area contributed by atoms with Gasteiger partial charge in [0.25, 0.3) is 0 Å². The minimum absolute atomic E-state index is 0.336. The van der Waals surface area contributed by atoms with E-state index in [2.05, 4.69) is 40.6 Å². The number of hydrogen-bond acceptors (Lipinski definition) is 4. The molecule has 3 aromatic rings. The standard InChI is InChI=1S/C24H26N2O3S/c1-29-24(27)19-7-8-23-22(14-19)20(15-26-23)16-30(28)12-10-21-13-18(9-11-25-21)17-5-3-2-4-6-17/h2-9,14-15,21,25-26H,10-13,16H2,1H3. The van der Waals surface area contributed by atoms with Gasteiger partial charge in [0, 0.05) is 41.7 Å². The fourth-order valence-corrected chi connectivity index (χ4v) is 5.20. The van der Waals surface area contributed by atoms with Gasteiger partial charge in [-0.05, 0) is 46.9 Å². The average Bonchev–Trinajstić information content (AvgIpc) is 3.20. The van der Waals surface area contributed by atoms with Crippen molar-refractivity contribution in [3.8, 4) is 0 Å². The van der Waals surface area contributed by atoms with E-state index in [1.165, 1.54) is 18.2 Å². The molecule has 0 saturated carbocycles. The van der Waals surface area contributed by atoms with Crippen LogP contribution in [0.2, 0.25) is 0 Å². The molecule has 1 aliphatic rings. The van der Waals surface area contributed by atoms with Crippen LogP contribution in [-0.4, -0.2) is 41.0 Å². The summed E-state index contributed by atoms with van der Waals surface area (Å²) in [4.78, 5) is 15.0. The van der Waals surface area contributed by atoms with Crippen LogP contribution >= 0.6 is 0 Å². The fourth-order valence-electron chi connectivity index (χ4n) is 3.92. The van der Waals surface area contributed by atoms with E-state index >= 15 is 0 Å². The van der Waals surface area contributed by atoms with Crippen LogP contribution in [0.3, 0.4) is 0 Å². The van der Waals surface area contributed by atoms with Crippen molar-refractivity contribution in [2.75, 3.05) is 19.4 Å². The summed E-state index contributed by atoms with van der Waals surface area (Å²) in [6, 6.07) is 16.2. The van der Waals surface area contributed by atoms with Gasteiger partial charge in [-0.2, -0.15) is 0 Å². The summed E-state index contributed by atoms with van der Waals surface area (Å²) in [7, 11) is 1.37. The highest BCUT2D eigenvalue weighted by Gasteiger charge is 2.20. The molecule has 0 amide bonds. The zero-order valence-corrected chi connectivity index (χ0v) is 17.8. The van der Waals surface area contributed by atoms with E-state index in [1.807, 2.05) is 24.4 Å². The van der Waals surface area contributed by atoms with E-state index in [9.17, 15) is 9.35 Å². The van der Waals surface area contributed by atoms with Gasteiger partial charge in [-0.3, -0.25) is 0 Å². The SMILES string of the molecule is COC(=O)c1ccc2[nH]cc(C[S+]([O-])CCC3CC(c4ccccc4)=CCN3)c2c1. The molecule has 2 N–H and O–H groups in total. The first-order valence-corrected chi connectivity index (χ1v) is 11.6. The van der Waals surface area contributed by atoms with Gasteiger partial charge < -0.3 is 19.6 Å². The third kappa shape index (κ3) is 4.78. The maximum absolute atomic E-state index is 12.8. The van der Waals surface area contributed by atoms with Gasteiger partial charge in [-0.1, -0.05) is 36.4 Å². The Balaban J connectivity index is 1.35. The van der Waals surface area contributed by atoms with Crippen molar-refractivity contribution in [3.63, 3.8) is 0 Å². The van der Waals surface area contributed by atoms with Crippen LogP contribution in [0.15, 0.2) is 60.8 Å². The van der Waals surface area contributed by atoms with Crippen molar-refractivity contribution in [1.29, 1.82) is 0 Å². The number of esters is 1. The predicted octanol–water partition coefficient (Wildman–Crippen LogP) is 4.04. The van der Waals surface area contributed by atoms with Crippen LogP contribution in [0, 0.1) is 0 Å². The van der Waals surface area contributed by atoms with Crippen LogP contribution < -0.4 is 5.32 Å². The summed E-state index contributed by atoms with van der Waals surface area (Å²) in [5.74, 6) is 0.748. The summed E-state index contributed by atoms with van der Waals surface area (Å²) in [6.07, 6.45) is 5.95. The number of aromatic nitrogens is 1. The van der Waals surface area contributed by atoms with Crippen LogP contribution in [-0.2, 0) is 21.7 Å². The lowest BCUT2D eigenvalue weighted by Crippen LogP contribution is -2.34. The number of H-pyrrole nitrogens is 1. The molecule has 0 aliphatic carbocycles. The van der Waals surface area contributed by atoms with Gasteiger partial charge in [-0.25, -0.2) is 4.79 Å². The molecule has 0 bridgehead atoms. The topological polar surface area (TPSA) is 77.2 Å². The molecule has 0 spiro atoms. The Morgan fingerprint density at radius 2 is 2.07 bits per heavy atom. The number of rotatable bonds is 7. The molecule has 0 fully saturated rings. The van der Waals surface area contributed by atoms with Crippen molar-refractivity contribution < 1.29 is 14.1 Å². The van der Waals surface area contributed by atoms with Gasteiger partial charge in [0.15, 0.2) is 0 Å². The maximum atomic E-state index is 12.8. The number of fused-ring (bicyclic) bond motifs is 1. The van der Waals surface area contributed by atoms with Crippen molar-refractivity contribution >= 4 is 33.6 Å². The Kier molecular flexibility index (Phi) is 6.57. The Labute approximate surface area is 179 Å². The number of methoxy groups -OCH3 is 1. The molecule has 1 aliphatic heterocycles. The summed E-state index contributed by atoms with van der Waals surface area (Å²) in [5, 5.41) is 4.45. The molecule has 0 saturated heterocycles. The second kappa shape index (κ2) is 9.51. The van der Waals surface area contributed by atoms with Crippen LogP contribution in [0.5, 0.6) is 0 Å². The molecule has 6 heteroatoms. The van der Waals surface area contributed by atoms with Crippen molar-refractivity contribution in [2.45, 2.75) is 24.6 Å². The van der Waals surface area contributed by atoms with Gasteiger partial charge in [0.1, 0.15) is 11.5 Å². The number of carbonyl (C=O) groups excluding carboxylic acids is 1. The second-order valence-electron chi connectivity index (χ2n) is 7.55. The third-order valence-corrected chi connectivity index (χ3v) is 6.89. The molecule has 2 heterocycles. The monoisotopic (exact) mass is 422 g/mol. The molecule has 5 nitrogen and oxygen atoms in total. The van der Waals surface area contributed by atoms with E-state index in [0.717, 1.165) is 35.9 Å². The van der Waals surface area contributed by atoms with Crippen molar-refractivity contribution in [3.05, 3.63) is 77.5 Å². The highest BCUT2D eigenvalue weighted by atomic mass is 32.2. The first-order valence-electron chi connectivity index (χ1n) is 10.1. The van der Waals surface area contributed by atoms with Crippen molar-refractivity contribution in [2.24, 2.45) is 0 Å². The van der Waals surface area contributed by atoms with Gasteiger partial charge >= 0.3 is 5.97 Å².